The fourth-order valence-electron chi connectivity index (χ4n) is 12.8. The number of rotatable bonds is 18. The van der Waals surface area contributed by atoms with Crippen LogP contribution in [-0.4, -0.2) is 164 Å². The van der Waals surface area contributed by atoms with E-state index < -0.39 is 48.1 Å². The third-order valence-electron chi connectivity index (χ3n) is 17.7. The van der Waals surface area contributed by atoms with E-state index >= 15 is 0 Å². The molecule has 7 atom stereocenters. The first-order valence-electron chi connectivity index (χ1n) is 32.3. The molecule has 2 N–H and O–H groups in total. The Hall–Kier alpha value is -6.85. The zero-order valence-electron chi connectivity index (χ0n) is 55.9. The number of thiol groups is 1. The molecule has 7 aromatic rings. The van der Waals surface area contributed by atoms with Gasteiger partial charge in [0, 0.05) is 98.3 Å². The number of hydrogen-bond donors (Lipinski definition) is 3. The number of carboxylic acids is 2. The minimum atomic E-state index is -0.917. The predicted molar refractivity (Wildman–Crippen MR) is 421 cm³/mol. The number of carbonyl (C=O) groups is 8. The first-order valence-corrected chi connectivity index (χ1v) is 38.3. The number of likely N-dealkylation sites (tertiary alicyclic amines) is 2. The summed E-state index contributed by atoms with van der Waals surface area (Å²) in [7, 11) is 4.07. The highest BCUT2D eigenvalue weighted by Crippen LogP contribution is 2.42. The molecule has 2 fully saturated rings. The van der Waals surface area contributed by atoms with Gasteiger partial charge in [0.25, 0.3) is 6.04 Å². The fraction of sp³-hybridized carbons (Fsp3) is 0.329. The molecular weight excluding hydrogens is 1540 g/mol. The van der Waals surface area contributed by atoms with E-state index in [2.05, 4.69) is 45.2 Å². The van der Waals surface area contributed by atoms with Crippen LogP contribution in [0.4, 0.5) is 0 Å². The SMILES string of the molecule is C.C.COC(=O)[C@H](c1ccccc1Cl)/[N+](=C/OC=O)CS.COC(=O)[C@H](c1ccccc1Cl)N1CCC2SC(=O)C=C2C1.COC(=O)[C@H](c1ccccc1Cl)N1CCc2sccc2C1.O=C(O)[C@H](c1ccccc1Cl)N1CCc2sccc2C1.O=C1C=C2CN([C@H](C(=O)O)c3ccccc3Cl)CCC2S1. The van der Waals surface area contributed by atoms with E-state index in [1.165, 1.54) is 70.3 Å². The molecule has 2 unspecified atom stereocenters. The van der Waals surface area contributed by atoms with Crippen LogP contribution in [0.15, 0.2) is 168 Å². The Kier molecular flexibility index (Phi) is 33.7. The lowest BCUT2D eigenvalue weighted by Crippen LogP contribution is -2.42. The lowest BCUT2D eigenvalue weighted by molar-refractivity contribution is -0.543. The number of benzene rings is 5. The Bertz CT molecular complexity index is 4310. The number of methoxy groups -OCH3 is 3. The van der Waals surface area contributed by atoms with Crippen LogP contribution in [0.5, 0.6) is 0 Å². The number of thiophene rings is 2. The maximum absolute atomic E-state index is 12.3. The normalized spacial score (nSPS) is 18.2. The Morgan fingerprint density at radius 3 is 1.18 bits per heavy atom. The van der Waals surface area contributed by atoms with E-state index in [-0.39, 0.29) is 59.9 Å². The summed E-state index contributed by atoms with van der Waals surface area (Å²) >= 11 is 41.3. The molecule has 5 aromatic carbocycles. The lowest BCUT2D eigenvalue weighted by Gasteiger charge is -2.36. The molecule has 6 aliphatic heterocycles. The predicted octanol–water partition coefficient (Wildman–Crippen LogP) is 15.8. The van der Waals surface area contributed by atoms with Crippen LogP contribution in [-0.2, 0) is 83.2 Å². The Labute approximate surface area is 658 Å². The summed E-state index contributed by atoms with van der Waals surface area (Å²) in [5, 5.41) is 26.6. The van der Waals surface area contributed by atoms with Crippen molar-refractivity contribution in [1.82, 2.24) is 19.6 Å². The Morgan fingerprint density at radius 2 is 0.838 bits per heavy atom. The van der Waals surface area contributed by atoms with Gasteiger partial charge in [-0.1, -0.05) is 187 Å². The van der Waals surface area contributed by atoms with Crippen molar-refractivity contribution in [2.24, 2.45) is 0 Å². The molecule has 19 nitrogen and oxygen atoms in total. The largest absolute Gasteiger partial charge is 0.480 e. The summed E-state index contributed by atoms with van der Waals surface area (Å²) in [6.07, 6.45) is 7.95. The molecular formula is C76H81Cl5N5O14S5+. The minimum Gasteiger partial charge on any atom is -0.480 e. The molecule has 13 rings (SSSR count). The number of carbonyl (C=O) groups excluding carboxylic acids is 6. The summed E-state index contributed by atoms with van der Waals surface area (Å²) < 4.78 is 20.7. The van der Waals surface area contributed by atoms with Crippen molar-refractivity contribution in [2.75, 3.05) is 66.5 Å². The minimum absolute atomic E-state index is 0. The van der Waals surface area contributed by atoms with Crippen molar-refractivity contribution >= 4 is 170 Å². The van der Waals surface area contributed by atoms with E-state index in [9.17, 15) is 48.6 Å². The molecule has 0 aliphatic carbocycles. The van der Waals surface area contributed by atoms with Crippen molar-refractivity contribution in [3.05, 3.63) is 241 Å². The Balaban J connectivity index is 0.000000183. The zero-order valence-corrected chi connectivity index (χ0v) is 63.8. The van der Waals surface area contributed by atoms with Gasteiger partial charge in [-0.3, -0.25) is 43.6 Å². The molecule has 0 amide bonds. The van der Waals surface area contributed by atoms with Gasteiger partial charge in [0.05, 0.1) is 26.4 Å². The number of carboxylic acid groups (broad SMARTS) is 2. The van der Waals surface area contributed by atoms with E-state index in [1.807, 2.05) is 69.3 Å². The average molecular weight is 1630 g/mol. The van der Waals surface area contributed by atoms with Gasteiger partial charge >= 0.3 is 42.7 Å². The quantitative estimate of drug-likeness (QED) is 0.0106. The number of piperidine rings is 2. The number of esters is 3. The second kappa shape index (κ2) is 41.5. The Morgan fingerprint density at radius 1 is 0.505 bits per heavy atom. The van der Waals surface area contributed by atoms with Gasteiger partial charge in [-0.25, -0.2) is 14.4 Å². The number of halogens is 5. The van der Waals surface area contributed by atoms with Crippen LogP contribution < -0.4 is 0 Å². The van der Waals surface area contributed by atoms with Gasteiger partial charge in [-0.15, -0.1) is 35.3 Å². The second-order valence-electron chi connectivity index (χ2n) is 23.8. The van der Waals surface area contributed by atoms with Crippen LogP contribution in [0.2, 0.25) is 25.1 Å². The number of fused-ring (bicyclic) bond motifs is 4. The molecule has 0 bridgehead atoms. The van der Waals surface area contributed by atoms with Crippen LogP contribution >= 0.6 is 117 Å². The molecule has 2 aromatic heterocycles. The molecule has 0 radical (unpaired) electrons. The highest BCUT2D eigenvalue weighted by atomic mass is 35.5. The summed E-state index contributed by atoms with van der Waals surface area (Å²) in [5.41, 5.74) is 8.00. The monoisotopic (exact) mass is 1620 g/mol. The van der Waals surface area contributed by atoms with E-state index in [4.69, 9.17) is 72.2 Å². The van der Waals surface area contributed by atoms with Gasteiger partial charge in [0.1, 0.15) is 24.2 Å². The first-order chi connectivity index (χ1) is 49.7. The number of hydrogen-bond acceptors (Lipinski definition) is 21. The molecule has 6 aliphatic rings. The van der Waals surface area contributed by atoms with Crippen molar-refractivity contribution < 1.29 is 72.1 Å². The highest BCUT2D eigenvalue weighted by molar-refractivity contribution is 8.15. The number of ether oxygens (including phenoxy) is 4. The fourth-order valence-corrected chi connectivity index (χ4v) is 18.1. The third kappa shape index (κ3) is 22.0. The molecule has 0 spiro atoms. The summed E-state index contributed by atoms with van der Waals surface area (Å²) in [5.74, 6) is -2.76. The molecule has 29 heteroatoms. The first kappa shape index (κ1) is 85.4. The zero-order chi connectivity index (χ0) is 73.9. The summed E-state index contributed by atoms with van der Waals surface area (Å²) in [4.78, 5) is 104. The maximum atomic E-state index is 12.3. The average Bonchev–Trinajstić information content (AvgIpc) is 1.81. The number of aliphatic carboxylic acids is 2. The van der Waals surface area contributed by atoms with Crippen LogP contribution in [0.3, 0.4) is 0 Å². The van der Waals surface area contributed by atoms with Crippen molar-refractivity contribution in [3.63, 3.8) is 0 Å². The van der Waals surface area contributed by atoms with Gasteiger partial charge in [0.15, 0.2) is 5.88 Å². The molecule has 0 saturated carbocycles. The maximum Gasteiger partial charge on any atom is 0.380 e. The smallest absolute Gasteiger partial charge is 0.380 e. The van der Waals surface area contributed by atoms with Crippen LogP contribution in [0, 0.1) is 0 Å². The van der Waals surface area contributed by atoms with Crippen LogP contribution in [0.25, 0.3) is 0 Å². The topological polar surface area (TPSA) is 230 Å². The van der Waals surface area contributed by atoms with Gasteiger partial charge in [0.2, 0.25) is 10.2 Å². The highest BCUT2D eigenvalue weighted by Gasteiger charge is 2.41. The van der Waals surface area contributed by atoms with E-state index in [1.54, 1.807) is 102 Å². The van der Waals surface area contributed by atoms with E-state index in [0.29, 0.717) is 68.0 Å². The molecule has 2 saturated heterocycles. The molecule has 105 heavy (non-hydrogen) atoms. The van der Waals surface area contributed by atoms with Gasteiger partial charge in [-0.05, 0) is 136 Å². The second-order valence-corrected chi connectivity index (χ2v) is 30.6. The van der Waals surface area contributed by atoms with E-state index in [0.717, 1.165) is 80.5 Å². The third-order valence-corrected chi connectivity index (χ3v) is 24.1. The van der Waals surface area contributed by atoms with Crippen molar-refractivity contribution in [2.45, 2.75) is 94.3 Å². The van der Waals surface area contributed by atoms with Crippen molar-refractivity contribution in [3.8, 4) is 0 Å². The standard InChI is InChI=1S/C16H16ClNO3S.C16H16ClNO2S.C15H14ClNO3S.C15H14ClNO2S.C12H12ClNO4S.2CH4/c1-21-16(20)15(11-4-2-3-5-12(11)17)18-7-6-13-10(9-18)8-14(19)22-13;1-20-16(19)15(12-4-2-3-5-13(12)17)18-8-6-14-11(10-18)7-9-21-14;16-11-4-2-1-3-10(11)14(15(19)20)17-6-5-12-9(8-17)7-13(18)21-12;16-12-4-2-1-3-11(12)14(15(18)19)17-7-5-13-10(9-17)6-8-20-13;1-17-12(16)11(14(7-19)6-18-8-15)9-4-2-3-5-10(9)13;;/h2-5,8,13,15H,6-7,9H2,1H3;2-5,7,9,15H,6,8,10H2,1H3;1-4,7,12,14H,5-6,8H2,(H,19,20);1-4,6,8,14H,5,7,9H2,(H,18,19);2-6,8,11H,7H2,1H3;2*1H4/p+1/b;;;;14-6+;;/t13?,15-;15-;12?,14-;14-;11-;;/m00000../s1. The van der Waals surface area contributed by atoms with Gasteiger partial charge in [-0.2, -0.15) is 4.58 Å². The lowest BCUT2D eigenvalue weighted by atomic mass is 9.98. The molecule has 558 valence electrons. The number of nitrogens with zero attached hydrogens (tertiary/aromatic N) is 5. The van der Waals surface area contributed by atoms with Crippen molar-refractivity contribution in [1.29, 1.82) is 0 Å². The molecule has 8 heterocycles. The van der Waals surface area contributed by atoms with Gasteiger partial charge < -0.3 is 29.2 Å². The van der Waals surface area contributed by atoms with Crippen LogP contribution in [0.1, 0.15) is 107 Å². The number of thioether (sulfide) groups is 2. The summed E-state index contributed by atoms with van der Waals surface area (Å²) in [6.45, 7) is 5.72. The summed E-state index contributed by atoms with van der Waals surface area (Å²) in [6, 6.07) is 36.8.